The third-order valence-electron chi connectivity index (χ3n) is 12.1. The Bertz CT molecular complexity index is 2410. The SMILES string of the molecule is CCC(C)[C@H](Nc1nc(CCl)nc2ccccc12)C(N)=O.CCC(C)[C@H](Nc1nc(CN2CCN(c3ccccc3)CC2)nc2ccccc12)C(N)=O.c1ccc(N2CCNCC2)cc1. The first kappa shape index (κ1) is 48.4. The molecule has 8 rings (SSSR count). The Hall–Kier alpha value is -6.09. The number of nitrogens with zero attached hydrogens (tertiary/aromatic N) is 7. The molecule has 4 heterocycles. The molecule has 0 radical (unpaired) electrons. The Morgan fingerprint density at radius 1 is 0.600 bits per heavy atom. The van der Waals surface area contributed by atoms with Gasteiger partial charge in [0.2, 0.25) is 11.8 Å². The molecule has 2 unspecified atom stereocenters. The van der Waals surface area contributed by atoms with Crippen molar-refractivity contribution in [2.45, 2.75) is 65.0 Å². The Morgan fingerprint density at radius 3 is 1.46 bits per heavy atom. The van der Waals surface area contributed by atoms with E-state index in [0.29, 0.717) is 24.0 Å². The van der Waals surface area contributed by atoms with Crippen molar-refractivity contribution in [1.82, 2.24) is 30.2 Å². The Labute approximate surface area is 388 Å². The minimum absolute atomic E-state index is 0.107. The van der Waals surface area contributed by atoms with Crippen LogP contribution in [0.5, 0.6) is 0 Å². The largest absolute Gasteiger partial charge is 0.369 e. The molecule has 0 saturated carbocycles. The van der Waals surface area contributed by atoms with Crippen LogP contribution in [-0.2, 0) is 22.0 Å². The molecule has 344 valence electrons. The lowest BCUT2D eigenvalue weighted by atomic mass is 9.98. The molecule has 6 aromatic rings. The van der Waals surface area contributed by atoms with E-state index in [9.17, 15) is 9.59 Å². The summed E-state index contributed by atoms with van der Waals surface area (Å²) in [5.41, 5.74) is 15.5. The normalized spacial score (nSPS) is 16.0. The average molecular weight is 902 g/mol. The lowest BCUT2D eigenvalue weighted by Gasteiger charge is -2.35. The fourth-order valence-corrected chi connectivity index (χ4v) is 8.04. The molecule has 2 aromatic heterocycles. The smallest absolute Gasteiger partial charge is 0.240 e. The number of carbonyl (C=O) groups is 2. The number of halogens is 1. The number of amides is 2. The van der Waals surface area contributed by atoms with Crippen molar-refractivity contribution in [3.8, 4) is 0 Å². The van der Waals surface area contributed by atoms with Gasteiger partial charge in [-0.05, 0) is 60.4 Å². The number of carbonyl (C=O) groups excluding carboxylic acids is 2. The number of rotatable bonds is 15. The van der Waals surface area contributed by atoms with Crippen LogP contribution in [0.2, 0.25) is 0 Å². The molecule has 7 N–H and O–H groups in total. The molecule has 65 heavy (non-hydrogen) atoms. The van der Waals surface area contributed by atoms with Crippen LogP contribution in [0.1, 0.15) is 52.2 Å². The number of para-hydroxylation sites is 4. The van der Waals surface area contributed by atoms with Gasteiger partial charge in [-0.1, -0.05) is 101 Å². The molecule has 2 amide bonds. The van der Waals surface area contributed by atoms with E-state index in [1.165, 1.54) is 11.4 Å². The number of fused-ring (bicyclic) bond motifs is 2. The summed E-state index contributed by atoms with van der Waals surface area (Å²) < 4.78 is 0. The second-order valence-electron chi connectivity index (χ2n) is 16.6. The molecule has 4 atom stereocenters. The summed E-state index contributed by atoms with van der Waals surface area (Å²) in [5, 5.41) is 11.6. The first-order valence-electron chi connectivity index (χ1n) is 22.8. The second-order valence-corrected chi connectivity index (χ2v) is 16.9. The van der Waals surface area contributed by atoms with Gasteiger partial charge in [0.15, 0.2) is 0 Å². The maximum Gasteiger partial charge on any atom is 0.240 e. The monoisotopic (exact) mass is 901 g/mol. The fourth-order valence-electron chi connectivity index (χ4n) is 7.92. The molecule has 14 nitrogen and oxygen atoms in total. The van der Waals surface area contributed by atoms with Crippen molar-refractivity contribution in [1.29, 1.82) is 0 Å². The topological polar surface area (TPSA) is 184 Å². The maximum atomic E-state index is 12.1. The lowest BCUT2D eigenvalue weighted by Crippen LogP contribution is -2.46. The first-order valence-corrected chi connectivity index (χ1v) is 23.3. The highest BCUT2D eigenvalue weighted by molar-refractivity contribution is 6.16. The van der Waals surface area contributed by atoms with Crippen LogP contribution >= 0.6 is 11.6 Å². The van der Waals surface area contributed by atoms with Crippen molar-refractivity contribution in [2.75, 3.05) is 72.8 Å². The van der Waals surface area contributed by atoms with Gasteiger partial charge in [-0.3, -0.25) is 14.5 Å². The third-order valence-corrected chi connectivity index (χ3v) is 12.4. The number of primary amides is 2. The number of nitrogens with two attached hydrogens (primary N) is 2. The quantitative estimate of drug-likeness (QED) is 0.0664. The second kappa shape index (κ2) is 24.3. The predicted octanol–water partition coefficient (Wildman–Crippen LogP) is 7.04. The minimum Gasteiger partial charge on any atom is -0.369 e. The fraction of sp³-hybridized carbons (Fsp3) is 0.400. The molecular weight excluding hydrogens is 836 g/mol. The number of benzene rings is 4. The van der Waals surface area contributed by atoms with Crippen LogP contribution < -0.4 is 37.2 Å². The summed E-state index contributed by atoms with van der Waals surface area (Å²) in [7, 11) is 0. The molecular formula is C50H65ClN12O2. The Balaban J connectivity index is 0.000000181. The van der Waals surface area contributed by atoms with Crippen molar-refractivity contribution in [3.63, 3.8) is 0 Å². The van der Waals surface area contributed by atoms with E-state index in [2.05, 4.69) is 102 Å². The molecule has 2 aliphatic heterocycles. The highest BCUT2D eigenvalue weighted by Crippen LogP contribution is 2.26. The van der Waals surface area contributed by atoms with Gasteiger partial charge in [0.1, 0.15) is 35.4 Å². The average Bonchev–Trinajstić information content (AvgIpc) is 3.35. The number of anilines is 4. The van der Waals surface area contributed by atoms with E-state index in [1.54, 1.807) is 0 Å². The Kier molecular flexibility index (Phi) is 18.1. The molecule has 0 bridgehead atoms. The Morgan fingerprint density at radius 2 is 1.02 bits per heavy atom. The summed E-state index contributed by atoms with van der Waals surface area (Å²) in [6, 6.07) is 35.7. The van der Waals surface area contributed by atoms with Crippen LogP contribution in [0.15, 0.2) is 109 Å². The summed E-state index contributed by atoms with van der Waals surface area (Å²) in [6.45, 7) is 17.1. The third kappa shape index (κ3) is 13.5. The van der Waals surface area contributed by atoms with Gasteiger partial charge in [0.05, 0.1) is 23.5 Å². The van der Waals surface area contributed by atoms with Crippen molar-refractivity contribution in [3.05, 3.63) is 121 Å². The van der Waals surface area contributed by atoms with Crippen LogP contribution in [-0.4, -0.2) is 101 Å². The number of hydrogen-bond acceptors (Lipinski definition) is 12. The van der Waals surface area contributed by atoms with Gasteiger partial charge < -0.3 is 37.2 Å². The summed E-state index contributed by atoms with van der Waals surface area (Å²) in [4.78, 5) is 49.4. The summed E-state index contributed by atoms with van der Waals surface area (Å²) in [6.07, 6.45) is 1.69. The van der Waals surface area contributed by atoms with E-state index in [-0.39, 0.29) is 29.5 Å². The van der Waals surface area contributed by atoms with Gasteiger partial charge in [-0.25, -0.2) is 19.9 Å². The molecule has 15 heteroatoms. The number of alkyl halides is 1. The molecule has 4 aromatic carbocycles. The predicted molar refractivity (Wildman–Crippen MR) is 266 cm³/mol. The zero-order valence-electron chi connectivity index (χ0n) is 38.2. The summed E-state index contributed by atoms with van der Waals surface area (Å²) >= 11 is 5.84. The van der Waals surface area contributed by atoms with E-state index in [1.807, 2.05) is 75.4 Å². The lowest BCUT2D eigenvalue weighted by molar-refractivity contribution is -0.120. The zero-order valence-corrected chi connectivity index (χ0v) is 38.9. The van der Waals surface area contributed by atoms with Crippen LogP contribution in [0.3, 0.4) is 0 Å². The number of aromatic nitrogens is 4. The molecule has 0 aliphatic carbocycles. The minimum atomic E-state index is -0.475. The molecule has 2 saturated heterocycles. The number of piperazine rings is 2. The van der Waals surface area contributed by atoms with E-state index < -0.39 is 12.1 Å². The number of nitrogens with one attached hydrogen (secondary N) is 3. The van der Waals surface area contributed by atoms with E-state index >= 15 is 0 Å². The van der Waals surface area contributed by atoms with Gasteiger partial charge in [-0.2, -0.15) is 0 Å². The number of hydrogen-bond donors (Lipinski definition) is 5. The highest BCUT2D eigenvalue weighted by atomic mass is 35.5. The van der Waals surface area contributed by atoms with Gasteiger partial charge in [0.25, 0.3) is 0 Å². The maximum absolute atomic E-state index is 12.1. The first-order chi connectivity index (χ1) is 31.6. The standard InChI is InChI=1S/C25H32N6O.C15H19ClN4O.C10H14N2/c1-3-18(2)23(24(26)32)29-25-20-11-7-8-12-21(20)27-22(28-25)17-30-13-15-31(16-14-30)19-9-5-4-6-10-19;1-3-9(2)13(14(17)21)20-15-10-6-4-5-7-11(10)18-12(8-16)19-15;1-2-4-10(5-3-1)12-8-6-11-7-9-12/h4-12,18,23H,3,13-17H2,1-2H3,(H2,26,32)(H,27,28,29);4-7,9,13H,3,8H2,1-2H3,(H2,17,21)(H,18,19,20);1-5,11H,6-9H2/t18?,23-;9?,13-;/m00./s1. The van der Waals surface area contributed by atoms with Gasteiger partial charge >= 0.3 is 0 Å². The van der Waals surface area contributed by atoms with Gasteiger partial charge in [-0.15, -0.1) is 11.6 Å². The highest BCUT2D eigenvalue weighted by Gasteiger charge is 2.25. The van der Waals surface area contributed by atoms with Crippen LogP contribution in [0, 0.1) is 11.8 Å². The molecule has 0 spiro atoms. The van der Waals surface area contributed by atoms with Crippen molar-refractivity contribution < 1.29 is 9.59 Å². The van der Waals surface area contributed by atoms with Crippen molar-refractivity contribution >= 4 is 68.2 Å². The van der Waals surface area contributed by atoms with Gasteiger partial charge in [0, 0.05) is 74.5 Å². The van der Waals surface area contributed by atoms with E-state index in [0.717, 1.165) is 92.8 Å². The summed E-state index contributed by atoms with van der Waals surface area (Å²) in [5.74, 6) is 2.23. The van der Waals surface area contributed by atoms with Crippen molar-refractivity contribution in [2.24, 2.45) is 23.3 Å². The van der Waals surface area contributed by atoms with E-state index in [4.69, 9.17) is 33.0 Å². The molecule has 2 fully saturated rings. The van der Waals surface area contributed by atoms with Crippen LogP contribution in [0.4, 0.5) is 23.0 Å². The van der Waals surface area contributed by atoms with Crippen LogP contribution in [0.25, 0.3) is 21.8 Å². The zero-order chi connectivity index (χ0) is 46.1. The molecule has 2 aliphatic rings.